The first-order valence-electron chi connectivity index (χ1n) is 8.77. The van der Waals surface area contributed by atoms with E-state index in [-0.39, 0.29) is 0 Å². The van der Waals surface area contributed by atoms with Gasteiger partial charge in [-0.1, -0.05) is 13.8 Å². The summed E-state index contributed by atoms with van der Waals surface area (Å²) in [6, 6.07) is 11.7. The van der Waals surface area contributed by atoms with Gasteiger partial charge in [-0.3, -0.25) is 5.32 Å². The van der Waals surface area contributed by atoms with E-state index < -0.39 is 11.7 Å². The number of amides is 1. The van der Waals surface area contributed by atoms with Gasteiger partial charge in [-0.15, -0.1) is 0 Å². The number of benzene rings is 2. The average molecular weight is 351 g/mol. The highest BCUT2D eigenvalue weighted by atomic mass is 16.6. The highest BCUT2D eigenvalue weighted by Crippen LogP contribution is 2.42. The zero-order valence-electron chi connectivity index (χ0n) is 15.1. The summed E-state index contributed by atoms with van der Waals surface area (Å²) in [5, 5.41) is 2.81. The van der Waals surface area contributed by atoms with E-state index in [2.05, 4.69) is 15.3 Å². The van der Waals surface area contributed by atoms with Crippen LogP contribution in [-0.4, -0.2) is 23.2 Å². The SMILES string of the molecule is CCC1(CC)OC(=O)Nc2cc3nc(-c4ccc(OC)cc4)[nH]c3cc21. The zero-order chi connectivity index (χ0) is 18.3. The molecular weight excluding hydrogens is 330 g/mol. The minimum Gasteiger partial charge on any atom is -0.497 e. The number of cyclic esters (lactones) is 1. The van der Waals surface area contributed by atoms with Crippen LogP contribution in [-0.2, 0) is 10.3 Å². The molecule has 2 heterocycles. The van der Waals surface area contributed by atoms with E-state index in [9.17, 15) is 4.79 Å². The number of hydrogen-bond acceptors (Lipinski definition) is 4. The molecule has 2 aromatic carbocycles. The molecule has 0 bridgehead atoms. The van der Waals surface area contributed by atoms with Gasteiger partial charge in [-0.25, -0.2) is 9.78 Å². The van der Waals surface area contributed by atoms with Crippen molar-refractivity contribution in [1.82, 2.24) is 9.97 Å². The Balaban J connectivity index is 1.83. The fraction of sp³-hybridized carbons (Fsp3) is 0.300. The molecule has 1 aliphatic heterocycles. The van der Waals surface area contributed by atoms with Crippen molar-refractivity contribution < 1.29 is 14.3 Å². The molecule has 0 saturated heterocycles. The number of imidazole rings is 1. The van der Waals surface area contributed by atoms with Crippen molar-refractivity contribution in [2.75, 3.05) is 12.4 Å². The Bertz CT molecular complexity index is 972. The first-order valence-corrected chi connectivity index (χ1v) is 8.77. The number of methoxy groups -OCH3 is 1. The molecule has 1 aromatic heterocycles. The Morgan fingerprint density at radius 1 is 1.15 bits per heavy atom. The van der Waals surface area contributed by atoms with Crippen molar-refractivity contribution in [1.29, 1.82) is 0 Å². The lowest BCUT2D eigenvalue weighted by Gasteiger charge is -2.37. The molecule has 0 atom stereocenters. The molecule has 4 rings (SSSR count). The monoisotopic (exact) mass is 351 g/mol. The van der Waals surface area contributed by atoms with Gasteiger partial charge in [-0.05, 0) is 49.2 Å². The van der Waals surface area contributed by atoms with Crippen LogP contribution in [0.1, 0.15) is 32.3 Å². The Labute approximate surface area is 151 Å². The number of carbonyl (C=O) groups excluding carboxylic acids is 1. The molecule has 0 fully saturated rings. The average Bonchev–Trinajstić information content (AvgIpc) is 3.08. The third kappa shape index (κ3) is 2.49. The molecule has 3 aromatic rings. The van der Waals surface area contributed by atoms with E-state index >= 15 is 0 Å². The molecule has 2 N–H and O–H groups in total. The predicted octanol–water partition coefficient (Wildman–Crippen LogP) is 4.82. The fourth-order valence-corrected chi connectivity index (χ4v) is 3.57. The number of ether oxygens (including phenoxy) is 2. The second-order valence-electron chi connectivity index (χ2n) is 6.44. The molecule has 0 spiro atoms. The van der Waals surface area contributed by atoms with Gasteiger partial charge >= 0.3 is 6.09 Å². The molecule has 1 aliphatic rings. The Kier molecular flexibility index (Phi) is 3.83. The molecule has 0 aliphatic carbocycles. The molecular formula is C20H21N3O3. The molecule has 0 radical (unpaired) electrons. The number of fused-ring (bicyclic) bond motifs is 2. The first-order chi connectivity index (χ1) is 12.6. The standard InChI is InChI=1S/C20H21N3O3/c1-4-20(5-2)14-10-16-17(11-15(14)23-19(24)26-20)22-18(21-16)12-6-8-13(25-3)9-7-12/h6-11H,4-5H2,1-3H3,(H,21,22)(H,23,24). The lowest BCUT2D eigenvalue weighted by atomic mass is 9.86. The van der Waals surface area contributed by atoms with Crippen LogP contribution in [0.4, 0.5) is 10.5 Å². The second kappa shape index (κ2) is 6.05. The molecule has 26 heavy (non-hydrogen) atoms. The van der Waals surface area contributed by atoms with Crippen molar-refractivity contribution in [2.24, 2.45) is 0 Å². The number of rotatable bonds is 4. The fourth-order valence-electron chi connectivity index (χ4n) is 3.57. The van der Waals surface area contributed by atoms with Crippen molar-refractivity contribution in [3.63, 3.8) is 0 Å². The number of aromatic amines is 1. The maximum Gasteiger partial charge on any atom is 0.412 e. The maximum atomic E-state index is 12.0. The van der Waals surface area contributed by atoms with E-state index in [1.54, 1.807) is 7.11 Å². The van der Waals surface area contributed by atoms with Gasteiger partial charge in [0.2, 0.25) is 0 Å². The second-order valence-corrected chi connectivity index (χ2v) is 6.44. The minimum absolute atomic E-state index is 0.411. The summed E-state index contributed by atoms with van der Waals surface area (Å²) in [7, 11) is 1.64. The summed E-state index contributed by atoms with van der Waals surface area (Å²) in [4.78, 5) is 20.1. The Morgan fingerprint density at radius 2 is 1.88 bits per heavy atom. The number of H-pyrrole nitrogens is 1. The molecule has 0 saturated carbocycles. The summed E-state index contributed by atoms with van der Waals surface area (Å²) in [6.45, 7) is 4.07. The van der Waals surface area contributed by atoms with E-state index in [1.807, 2.05) is 50.2 Å². The van der Waals surface area contributed by atoms with Gasteiger partial charge in [-0.2, -0.15) is 0 Å². The summed E-state index contributed by atoms with van der Waals surface area (Å²) < 4.78 is 10.9. The van der Waals surface area contributed by atoms with Gasteiger partial charge in [0.15, 0.2) is 0 Å². The third-order valence-electron chi connectivity index (χ3n) is 5.14. The Morgan fingerprint density at radius 3 is 2.54 bits per heavy atom. The largest absolute Gasteiger partial charge is 0.497 e. The molecule has 134 valence electrons. The van der Waals surface area contributed by atoms with Crippen LogP contribution in [0.3, 0.4) is 0 Å². The number of nitrogens with one attached hydrogen (secondary N) is 2. The van der Waals surface area contributed by atoms with Gasteiger partial charge < -0.3 is 14.5 Å². The van der Waals surface area contributed by atoms with E-state index in [1.165, 1.54) is 0 Å². The van der Waals surface area contributed by atoms with E-state index in [0.717, 1.165) is 52.3 Å². The van der Waals surface area contributed by atoms with Gasteiger partial charge in [0.05, 0.1) is 23.8 Å². The number of aromatic nitrogens is 2. The van der Waals surface area contributed by atoms with Crippen LogP contribution >= 0.6 is 0 Å². The van der Waals surface area contributed by atoms with Crippen LogP contribution in [0.5, 0.6) is 5.75 Å². The minimum atomic E-state index is -0.600. The topological polar surface area (TPSA) is 76.2 Å². The van der Waals surface area contributed by atoms with Crippen LogP contribution in [0.2, 0.25) is 0 Å². The number of nitrogens with zero attached hydrogens (tertiary/aromatic N) is 1. The van der Waals surface area contributed by atoms with Crippen LogP contribution in [0.15, 0.2) is 36.4 Å². The maximum absolute atomic E-state index is 12.0. The molecule has 6 nitrogen and oxygen atoms in total. The molecule has 0 unspecified atom stereocenters. The van der Waals surface area contributed by atoms with E-state index in [4.69, 9.17) is 9.47 Å². The predicted molar refractivity (Wildman–Crippen MR) is 100 cm³/mol. The van der Waals surface area contributed by atoms with Crippen molar-refractivity contribution in [3.05, 3.63) is 42.0 Å². The smallest absolute Gasteiger partial charge is 0.412 e. The summed E-state index contributed by atoms with van der Waals surface area (Å²) >= 11 is 0. The summed E-state index contributed by atoms with van der Waals surface area (Å²) in [6.07, 6.45) is 1.02. The third-order valence-corrected chi connectivity index (χ3v) is 5.14. The molecule has 1 amide bonds. The number of anilines is 1. The lowest BCUT2D eigenvalue weighted by Crippen LogP contribution is -2.38. The van der Waals surface area contributed by atoms with Crippen LogP contribution in [0.25, 0.3) is 22.4 Å². The van der Waals surface area contributed by atoms with Gasteiger partial charge in [0.25, 0.3) is 0 Å². The van der Waals surface area contributed by atoms with Crippen molar-refractivity contribution in [2.45, 2.75) is 32.3 Å². The quantitative estimate of drug-likeness (QED) is 0.707. The summed E-state index contributed by atoms with van der Waals surface area (Å²) in [5.74, 6) is 1.58. The van der Waals surface area contributed by atoms with E-state index in [0.29, 0.717) is 0 Å². The first kappa shape index (κ1) is 16.4. The number of hydrogen-bond donors (Lipinski definition) is 2. The van der Waals surface area contributed by atoms with Crippen molar-refractivity contribution in [3.8, 4) is 17.1 Å². The summed E-state index contributed by atoms with van der Waals surface area (Å²) in [5.41, 5.74) is 3.85. The van der Waals surface area contributed by atoms with Crippen LogP contribution in [0, 0.1) is 0 Å². The lowest BCUT2D eigenvalue weighted by molar-refractivity contribution is 0.00483. The Hall–Kier alpha value is -3.02. The highest BCUT2D eigenvalue weighted by molar-refractivity contribution is 5.94. The highest BCUT2D eigenvalue weighted by Gasteiger charge is 2.39. The van der Waals surface area contributed by atoms with Crippen molar-refractivity contribution >= 4 is 22.8 Å². The van der Waals surface area contributed by atoms with Gasteiger partial charge in [0.1, 0.15) is 17.2 Å². The normalized spacial score (nSPS) is 15.3. The molecule has 6 heteroatoms. The number of carbonyl (C=O) groups is 1. The zero-order valence-corrected chi connectivity index (χ0v) is 15.1. The van der Waals surface area contributed by atoms with Crippen LogP contribution < -0.4 is 10.1 Å². The van der Waals surface area contributed by atoms with Gasteiger partial charge in [0, 0.05) is 11.1 Å².